The lowest BCUT2D eigenvalue weighted by atomic mass is 10.00. The molecule has 2 nitrogen and oxygen atoms in total. The molecule has 1 atom stereocenters. The van der Waals surface area contributed by atoms with Crippen molar-refractivity contribution in [3.05, 3.63) is 34.3 Å². The van der Waals surface area contributed by atoms with E-state index in [9.17, 15) is 0 Å². The van der Waals surface area contributed by atoms with Crippen molar-refractivity contribution in [1.82, 2.24) is 10.2 Å². The molecule has 17 heavy (non-hydrogen) atoms. The fourth-order valence-electron chi connectivity index (χ4n) is 2.84. The first kappa shape index (κ1) is 11.7. The Morgan fingerprint density at radius 3 is 2.53 bits per heavy atom. The van der Waals surface area contributed by atoms with Gasteiger partial charge < -0.3 is 5.32 Å². The minimum Gasteiger partial charge on any atom is -0.314 e. The molecule has 1 saturated carbocycles. The van der Waals surface area contributed by atoms with Crippen LogP contribution in [0.1, 0.15) is 24.4 Å². The van der Waals surface area contributed by atoms with Crippen LogP contribution < -0.4 is 5.32 Å². The highest BCUT2D eigenvalue weighted by molar-refractivity contribution is 9.10. The molecule has 0 spiro atoms. The highest BCUT2D eigenvalue weighted by atomic mass is 79.9. The zero-order valence-electron chi connectivity index (χ0n) is 10.0. The normalized spacial score (nSPS) is 23.6. The SMILES string of the molecule is Brc1ccccc1[C@@H](C1CC1)N1CCNCC1. The second-order valence-corrected chi connectivity index (χ2v) is 5.94. The van der Waals surface area contributed by atoms with Crippen LogP contribution >= 0.6 is 15.9 Å². The van der Waals surface area contributed by atoms with Gasteiger partial charge in [0.2, 0.25) is 0 Å². The van der Waals surface area contributed by atoms with Crippen LogP contribution in [0, 0.1) is 5.92 Å². The molecule has 1 aromatic rings. The van der Waals surface area contributed by atoms with Crippen molar-refractivity contribution in [3.8, 4) is 0 Å². The first-order chi connectivity index (χ1) is 8.36. The highest BCUT2D eigenvalue weighted by Gasteiger charge is 2.37. The largest absolute Gasteiger partial charge is 0.314 e. The minimum absolute atomic E-state index is 0.632. The molecule has 0 aromatic heterocycles. The van der Waals surface area contributed by atoms with Crippen LogP contribution in [0.4, 0.5) is 0 Å². The summed E-state index contributed by atoms with van der Waals surface area (Å²) in [6.45, 7) is 4.63. The number of hydrogen-bond donors (Lipinski definition) is 1. The first-order valence-corrected chi connectivity index (χ1v) is 7.35. The number of piperazine rings is 1. The lowest BCUT2D eigenvalue weighted by Gasteiger charge is -2.36. The maximum Gasteiger partial charge on any atom is 0.0388 e. The number of rotatable bonds is 3. The summed E-state index contributed by atoms with van der Waals surface area (Å²) >= 11 is 3.72. The molecule has 3 heteroatoms. The topological polar surface area (TPSA) is 15.3 Å². The number of nitrogens with zero attached hydrogens (tertiary/aromatic N) is 1. The zero-order chi connectivity index (χ0) is 11.7. The molecule has 0 unspecified atom stereocenters. The molecule has 1 saturated heterocycles. The van der Waals surface area contributed by atoms with Gasteiger partial charge in [-0.2, -0.15) is 0 Å². The van der Waals surface area contributed by atoms with Crippen LogP contribution in [0.15, 0.2) is 28.7 Å². The smallest absolute Gasteiger partial charge is 0.0388 e. The highest BCUT2D eigenvalue weighted by Crippen LogP contribution is 2.46. The van der Waals surface area contributed by atoms with E-state index in [0.717, 1.165) is 19.0 Å². The van der Waals surface area contributed by atoms with E-state index in [2.05, 4.69) is 50.4 Å². The van der Waals surface area contributed by atoms with Gasteiger partial charge in [-0.3, -0.25) is 4.90 Å². The molecule has 0 amide bonds. The van der Waals surface area contributed by atoms with Crippen molar-refractivity contribution in [1.29, 1.82) is 0 Å². The average Bonchev–Trinajstić information content (AvgIpc) is 3.18. The maximum absolute atomic E-state index is 3.72. The summed E-state index contributed by atoms with van der Waals surface area (Å²) in [5.74, 6) is 0.881. The Kier molecular flexibility index (Phi) is 3.50. The van der Waals surface area contributed by atoms with E-state index < -0.39 is 0 Å². The fourth-order valence-corrected chi connectivity index (χ4v) is 3.36. The molecular formula is C14H19BrN2. The van der Waals surface area contributed by atoms with Gasteiger partial charge in [-0.15, -0.1) is 0 Å². The van der Waals surface area contributed by atoms with Crippen molar-refractivity contribution in [2.45, 2.75) is 18.9 Å². The zero-order valence-corrected chi connectivity index (χ0v) is 11.6. The van der Waals surface area contributed by atoms with E-state index in [0.29, 0.717) is 6.04 Å². The van der Waals surface area contributed by atoms with Crippen molar-refractivity contribution in [2.75, 3.05) is 26.2 Å². The summed E-state index contributed by atoms with van der Waals surface area (Å²) in [6, 6.07) is 9.36. The van der Waals surface area contributed by atoms with Crippen molar-refractivity contribution >= 4 is 15.9 Å². The van der Waals surface area contributed by atoms with E-state index in [1.54, 1.807) is 0 Å². The van der Waals surface area contributed by atoms with Crippen LogP contribution in [0.2, 0.25) is 0 Å². The van der Waals surface area contributed by atoms with E-state index in [1.807, 2.05) is 0 Å². The van der Waals surface area contributed by atoms with Gasteiger partial charge in [0, 0.05) is 36.7 Å². The second kappa shape index (κ2) is 5.09. The summed E-state index contributed by atoms with van der Waals surface area (Å²) in [6.07, 6.45) is 2.80. The Morgan fingerprint density at radius 2 is 1.88 bits per heavy atom. The molecule has 3 rings (SSSR count). The van der Waals surface area contributed by atoms with E-state index in [-0.39, 0.29) is 0 Å². The molecule has 2 fully saturated rings. The number of halogens is 1. The number of benzene rings is 1. The number of hydrogen-bond acceptors (Lipinski definition) is 2. The summed E-state index contributed by atoms with van der Waals surface area (Å²) in [5.41, 5.74) is 1.48. The lowest BCUT2D eigenvalue weighted by Crippen LogP contribution is -2.45. The van der Waals surface area contributed by atoms with Crippen LogP contribution in [0.25, 0.3) is 0 Å². The Morgan fingerprint density at radius 1 is 1.18 bits per heavy atom. The second-order valence-electron chi connectivity index (χ2n) is 5.09. The van der Waals surface area contributed by atoms with Gasteiger partial charge in [0.05, 0.1) is 0 Å². The van der Waals surface area contributed by atoms with Crippen LogP contribution in [0.3, 0.4) is 0 Å². The molecule has 1 aromatic carbocycles. The van der Waals surface area contributed by atoms with Gasteiger partial charge in [-0.25, -0.2) is 0 Å². The summed E-state index contributed by atoms with van der Waals surface area (Å²) in [5, 5.41) is 3.44. The predicted octanol–water partition coefficient (Wildman–Crippen LogP) is 2.81. The van der Waals surface area contributed by atoms with Crippen LogP contribution in [-0.2, 0) is 0 Å². The standard InChI is InChI=1S/C14H19BrN2/c15-13-4-2-1-3-12(13)14(11-5-6-11)17-9-7-16-8-10-17/h1-4,11,14,16H,5-10H2/t14-/m1/s1. The quantitative estimate of drug-likeness (QED) is 0.922. The third-order valence-corrected chi connectivity index (χ3v) is 4.56. The molecule has 1 heterocycles. The molecule has 2 aliphatic rings. The molecular weight excluding hydrogens is 276 g/mol. The van der Waals surface area contributed by atoms with E-state index in [1.165, 1.54) is 36.0 Å². The summed E-state index contributed by atoms with van der Waals surface area (Å²) in [4.78, 5) is 2.66. The third-order valence-electron chi connectivity index (χ3n) is 3.84. The minimum atomic E-state index is 0.632. The predicted molar refractivity (Wildman–Crippen MR) is 74.0 cm³/mol. The van der Waals surface area contributed by atoms with Gasteiger partial charge in [0.1, 0.15) is 0 Å². The molecule has 1 aliphatic carbocycles. The van der Waals surface area contributed by atoms with Crippen molar-refractivity contribution in [3.63, 3.8) is 0 Å². The maximum atomic E-state index is 3.72. The van der Waals surface area contributed by atoms with Crippen LogP contribution in [-0.4, -0.2) is 31.1 Å². The van der Waals surface area contributed by atoms with E-state index in [4.69, 9.17) is 0 Å². The monoisotopic (exact) mass is 294 g/mol. The molecule has 1 N–H and O–H groups in total. The summed E-state index contributed by atoms with van der Waals surface area (Å²) in [7, 11) is 0. The Balaban J connectivity index is 1.86. The Labute approximate surface area is 112 Å². The van der Waals surface area contributed by atoms with Gasteiger partial charge >= 0.3 is 0 Å². The van der Waals surface area contributed by atoms with Gasteiger partial charge in [-0.05, 0) is 30.4 Å². The molecule has 92 valence electrons. The molecule has 1 aliphatic heterocycles. The molecule has 0 bridgehead atoms. The van der Waals surface area contributed by atoms with Crippen molar-refractivity contribution in [2.24, 2.45) is 5.92 Å². The number of nitrogens with one attached hydrogen (secondary N) is 1. The Hall–Kier alpha value is -0.380. The van der Waals surface area contributed by atoms with Crippen LogP contribution in [0.5, 0.6) is 0 Å². The fraction of sp³-hybridized carbons (Fsp3) is 0.571. The van der Waals surface area contributed by atoms with Crippen molar-refractivity contribution < 1.29 is 0 Å². The van der Waals surface area contributed by atoms with Gasteiger partial charge in [0.15, 0.2) is 0 Å². The molecule has 0 radical (unpaired) electrons. The Bertz CT molecular complexity index is 384. The average molecular weight is 295 g/mol. The first-order valence-electron chi connectivity index (χ1n) is 6.55. The van der Waals surface area contributed by atoms with Gasteiger partial charge in [0.25, 0.3) is 0 Å². The lowest BCUT2D eigenvalue weighted by molar-refractivity contribution is 0.155. The summed E-state index contributed by atoms with van der Waals surface area (Å²) < 4.78 is 1.27. The third kappa shape index (κ3) is 2.56. The van der Waals surface area contributed by atoms with E-state index >= 15 is 0 Å². The van der Waals surface area contributed by atoms with Gasteiger partial charge in [-0.1, -0.05) is 34.1 Å².